The van der Waals surface area contributed by atoms with E-state index in [2.05, 4.69) is 41.1 Å². The Morgan fingerprint density at radius 1 is 0.611 bits per heavy atom. The second kappa shape index (κ2) is 9.49. The maximum absolute atomic E-state index is 5.67. The molecule has 1 aromatic heterocycles. The van der Waals surface area contributed by atoms with Crippen molar-refractivity contribution < 1.29 is 33.0 Å². The number of ether oxygens (including phenoxy) is 6. The monoisotopic (exact) mass is 488 g/mol. The van der Waals surface area contributed by atoms with Crippen LogP contribution in [-0.4, -0.2) is 42.7 Å². The number of nitrogens with zero attached hydrogens (tertiary/aromatic N) is 1. The van der Waals surface area contributed by atoms with E-state index in [1.807, 2.05) is 18.2 Å². The van der Waals surface area contributed by atoms with Gasteiger partial charge in [-0.2, -0.15) is 4.57 Å². The number of pyridine rings is 1. The van der Waals surface area contributed by atoms with Gasteiger partial charge in [-0.3, -0.25) is 0 Å². The SMILES string of the molecule is COc1ccc(C2c3cc(OC)c(OC)cc3Cc3c4cc(OC)c(OC)cc4cc[n+]32)cc1OC. The molecule has 2 heterocycles. The van der Waals surface area contributed by atoms with E-state index in [1.54, 1.807) is 42.7 Å². The highest BCUT2D eigenvalue weighted by molar-refractivity contribution is 5.87. The molecule has 0 aliphatic carbocycles. The first kappa shape index (κ1) is 23.6. The summed E-state index contributed by atoms with van der Waals surface area (Å²) in [6.45, 7) is 0. The predicted octanol–water partition coefficient (Wildman–Crippen LogP) is 4.72. The fourth-order valence-electron chi connectivity index (χ4n) is 5.14. The molecule has 1 aliphatic rings. The second-order valence-corrected chi connectivity index (χ2v) is 8.56. The maximum atomic E-state index is 5.67. The van der Waals surface area contributed by atoms with E-state index < -0.39 is 0 Å². The lowest BCUT2D eigenvalue weighted by atomic mass is 9.86. The lowest BCUT2D eigenvalue weighted by Crippen LogP contribution is -2.47. The smallest absolute Gasteiger partial charge is 0.209 e. The first-order chi connectivity index (χ1) is 17.6. The first-order valence-electron chi connectivity index (χ1n) is 11.6. The molecule has 36 heavy (non-hydrogen) atoms. The van der Waals surface area contributed by atoms with Crippen LogP contribution in [-0.2, 0) is 6.42 Å². The number of fused-ring (bicyclic) bond motifs is 4. The number of hydrogen-bond donors (Lipinski definition) is 0. The lowest BCUT2D eigenvalue weighted by molar-refractivity contribution is -0.712. The van der Waals surface area contributed by atoms with Crippen molar-refractivity contribution in [3.63, 3.8) is 0 Å². The molecule has 0 amide bonds. The zero-order chi connectivity index (χ0) is 25.4. The molecule has 1 aliphatic heterocycles. The van der Waals surface area contributed by atoms with Gasteiger partial charge in [0.1, 0.15) is 0 Å². The van der Waals surface area contributed by atoms with Crippen molar-refractivity contribution in [2.45, 2.75) is 12.5 Å². The molecule has 4 aromatic rings. The fraction of sp³-hybridized carbons (Fsp3) is 0.276. The molecule has 1 unspecified atom stereocenters. The minimum atomic E-state index is -0.124. The minimum Gasteiger partial charge on any atom is -0.493 e. The summed E-state index contributed by atoms with van der Waals surface area (Å²) in [5, 5.41) is 2.18. The molecule has 0 spiro atoms. The molecule has 7 heteroatoms. The standard InChI is InChI=1S/C29H30NO6/c1-31-23-8-7-18(13-24(23)32-2)29-21-16-28(36-6)26(34-4)14-19(21)11-22-20-15-27(35-5)25(33-3)12-17(20)9-10-30(22)29/h7-10,12-16,29H,11H2,1-6H3/q+1. The van der Waals surface area contributed by atoms with Crippen LogP contribution in [0.25, 0.3) is 10.8 Å². The molecular weight excluding hydrogens is 458 g/mol. The summed E-state index contributed by atoms with van der Waals surface area (Å²) in [6.07, 6.45) is 2.84. The van der Waals surface area contributed by atoms with Gasteiger partial charge in [-0.05, 0) is 53.4 Å². The summed E-state index contributed by atoms with van der Waals surface area (Å²) in [6, 6.07) is 16.3. The van der Waals surface area contributed by atoms with E-state index in [1.165, 1.54) is 0 Å². The Morgan fingerprint density at radius 3 is 1.86 bits per heavy atom. The summed E-state index contributed by atoms with van der Waals surface area (Å²) in [5.41, 5.74) is 4.52. The number of hydrogen-bond acceptors (Lipinski definition) is 6. The molecule has 5 rings (SSSR count). The normalized spacial score (nSPS) is 14.0. The van der Waals surface area contributed by atoms with Crippen molar-refractivity contribution in [1.82, 2.24) is 0 Å². The van der Waals surface area contributed by atoms with Crippen LogP contribution in [0.5, 0.6) is 34.5 Å². The van der Waals surface area contributed by atoms with Gasteiger partial charge >= 0.3 is 0 Å². The molecule has 0 fully saturated rings. The Kier molecular flexibility index (Phi) is 6.22. The van der Waals surface area contributed by atoms with Gasteiger partial charge in [0, 0.05) is 17.2 Å². The van der Waals surface area contributed by atoms with Crippen molar-refractivity contribution in [3.05, 3.63) is 77.1 Å². The van der Waals surface area contributed by atoms with Gasteiger partial charge in [0.15, 0.2) is 46.4 Å². The number of benzene rings is 3. The van der Waals surface area contributed by atoms with E-state index in [9.17, 15) is 0 Å². The van der Waals surface area contributed by atoms with Gasteiger partial charge in [0.25, 0.3) is 0 Å². The number of methoxy groups -OCH3 is 6. The highest BCUT2D eigenvalue weighted by Crippen LogP contribution is 2.42. The van der Waals surface area contributed by atoms with Crippen molar-refractivity contribution in [2.75, 3.05) is 42.7 Å². The largest absolute Gasteiger partial charge is 0.493 e. The molecule has 3 aromatic carbocycles. The Bertz CT molecular complexity index is 1450. The van der Waals surface area contributed by atoms with Crippen molar-refractivity contribution in [2.24, 2.45) is 0 Å². The molecular formula is C29H30NO6+. The van der Waals surface area contributed by atoms with Crippen LogP contribution in [0.15, 0.2) is 54.7 Å². The average Bonchev–Trinajstić information content (AvgIpc) is 2.93. The van der Waals surface area contributed by atoms with Crippen LogP contribution >= 0.6 is 0 Å². The van der Waals surface area contributed by atoms with Crippen molar-refractivity contribution in [1.29, 1.82) is 0 Å². The zero-order valence-electron chi connectivity index (χ0n) is 21.4. The molecule has 0 saturated heterocycles. The Hall–Kier alpha value is -4.13. The average molecular weight is 489 g/mol. The third-order valence-corrected chi connectivity index (χ3v) is 6.89. The maximum Gasteiger partial charge on any atom is 0.209 e. The third-order valence-electron chi connectivity index (χ3n) is 6.89. The Morgan fingerprint density at radius 2 is 1.19 bits per heavy atom. The van der Waals surface area contributed by atoms with E-state index in [4.69, 9.17) is 28.4 Å². The molecule has 7 nitrogen and oxygen atoms in total. The molecule has 0 saturated carbocycles. The summed E-state index contributed by atoms with van der Waals surface area (Å²) < 4.78 is 36.0. The van der Waals surface area contributed by atoms with Gasteiger partial charge in [-0.15, -0.1) is 0 Å². The third kappa shape index (κ3) is 3.71. The molecule has 0 radical (unpaired) electrons. The first-order valence-corrected chi connectivity index (χ1v) is 11.6. The van der Waals surface area contributed by atoms with Crippen molar-refractivity contribution >= 4 is 10.8 Å². The van der Waals surface area contributed by atoms with Crippen molar-refractivity contribution in [3.8, 4) is 34.5 Å². The quantitative estimate of drug-likeness (QED) is 0.309. The summed E-state index contributed by atoms with van der Waals surface area (Å²) in [7, 11) is 9.92. The summed E-state index contributed by atoms with van der Waals surface area (Å²) >= 11 is 0. The number of rotatable bonds is 7. The zero-order valence-corrected chi connectivity index (χ0v) is 21.4. The highest BCUT2D eigenvalue weighted by Gasteiger charge is 2.37. The van der Waals surface area contributed by atoms with E-state index in [-0.39, 0.29) is 6.04 Å². The predicted molar refractivity (Wildman–Crippen MR) is 136 cm³/mol. The van der Waals surface area contributed by atoms with Crippen LogP contribution in [0.3, 0.4) is 0 Å². The van der Waals surface area contributed by atoms with Gasteiger partial charge in [-0.1, -0.05) is 0 Å². The van der Waals surface area contributed by atoms with Gasteiger partial charge in [-0.25, -0.2) is 0 Å². The lowest BCUT2D eigenvalue weighted by Gasteiger charge is -2.26. The topological polar surface area (TPSA) is 59.3 Å². The van der Waals surface area contributed by atoms with Crippen LogP contribution in [0, 0.1) is 0 Å². The highest BCUT2D eigenvalue weighted by atomic mass is 16.5. The van der Waals surface area contributed by atoms with Crippen LogP contribution in [0.4, 0.5) is 0 Å². The number of aromatic nitrogens is 1. The van der Waals surface area contributed by atoms with Gasteiger partial charge in [0.05, 0.1) is 54.5 Å². The summed E-state index contributed by atoms with van der Waals surface area (Å²) in [5.74, 6) is 4.16. The Labute approximate surface area is 210 Å². The van der Waals surface area contributed by atoms with Gasteiger partial charge in [0.2, 0.25) is 6.04 Å². The van der Waals surface area contributed by atoms with E-state index in [0.29, 0.717) is 40.9 Å². The molecule has 0 N–H and O–H groups in total. The van der Waals surface area contributed by atoms with Gasteiger partial charge < -0.3 is 28.4 Å². The molecule has 0 bridgehead atoms. The van der Waals surface area contributed by atoms with Crippen LogP contribution in [0.2, 0.25) is 0 Å². The molecule has 186 valence electrons. The molecule has 1 atom stereocenters. The van der Waals surface area contributed by atoms with E-state index >= 15 is 0 Å². The van der Waals surface area contributed by atoms with Crippen LogP contribution < -0.4 is 33.0 Å². The van der Waals surface area contributed by atoms with Crippen LogP contribution in [0.1, 0.15) is 28.4 Å². The van der Waals surface area contributed by atoms with E-state index in [0.717, 1.165) is 33.2 Å². The minimum absolute atomic E-state index is 0.124. The Balaban J connectivity index is 1.81. The second-order valence-electron chi connectivity index (χ2n) is 8.56. The summed E-state index contributed by atoms with van der Waals surface area (Å²) in [4.78, 5) is 0. The fourth-order valence-corrected chi connectivity index (χ4v) is 5.14.